The number of nitrogens with zero attached hydrogens (tertiary/aromatic N) is 1. The summed E-state index contributed by atoms with van der Waals surface area (Å²) in [7, 11) is 3.13. The average molecular weight is 329 g/mol. The van der Waals surface area contributed by atoms with E-state index in [4.69, 9.17) is 0 Å². The minimum Gasteiger partial charge on any atom is -0.469 e. The Hall–Kier alpha value is -1.40. The molecule has 0 unspecified atom stereocenters. The minimum atomic E-state index is -0.278. The van der Waals surface area contributed by atoms with Gasteiger partial charge in [-0.25, -0.2) is 0 Å². The topological polar surface area (TPSA) is 58.6 Å². The van der Waals surface area contributed by atoms with Crippen molar-refractivity contribution in [2.75, 3.05) is 32.6 Å². The SMILES string of the molecule is COC(=O)CCN(C)CC(=O)Nc1cccc(Br)c1. The first-order chi connectivity index (χ1) is 9.01. The van der Waals surface area contributed by atoms with Crippen LogP contribution in [0.5, 0.6) is 0 Å². The first kappa shape index (κ1) is 15.7. The van der Waals surface area contributed by atoms with Crippen LogP contribution in [-0.4, -0.2) is 44.0 Å². The number of carbonyl (C=O) groups excluding carboxylic acids is 2. The first-order valence-electron chi connectivity index (χ1n) is 5.82. The zero-order valence-electron chi connectivity index (χ0n) is 11.0. The van der Waals surface area contributed by atoms with Crippen LogP contribution in [0.4, 0.5) is 5.69 Å². The zero-order valence-corrected chi connectivity index (χ0v) is 12.6. The maximum atomic E-state index is 11.8. The van der Waals surface area contributed by atoms with E-state index in [0.29, 0.717) is 6.54 Å². The number of hydrogen-bond acceptors (Lipinski definition) is 4. The van der Waals surface area contributed by atoms with Gasteiger partial charge >= 0.3 is 5.97 Å². The Morgan fingerprint density at radius 2 is 2.16 bits per heavy atom. The van der Waals surface area contributed by atoms with Crippen molar-refractivity contribution < 1.29 is 14.3 Å². The fourth-order valence-electron chi connectivity index (χ4n) is 1.48. The van der Waals surface area contributed by atoms with Crippen LogP contribution in [0.1, 0.15) is 6.42 Å². The molecule has 1 amide bonds. The Bertz CT molecular complexity index is 451. The predicted octanol–water partition coefficient (Wildman–Crippen LogP) is 1.88. The van der Waals surface area contributed by atoms with Crippen LogP contribution in [0.15, 0.2) is 28.7 Å². The molecule has 0 saturated carbocycles. The van der Waals surface area contributed by atoms with E-state index >= 15 is 0 Å². The number of esters is 1. The highest BCUT2D eigenvalue weighted by molar-refractivity contribution is 9.10. The average Bonchev–Trinajstić information content (AvgIpc) is 2.35. The number of ether oxygens (including phenoxy) is 1. The third-order valence-electron chi connectivity index (χ3n) is 2.45. The number of carbonyl (C=O) groups is 2. The maximum absolute atomic E-state index is 11.8. The van der Waals surface area contributed by atoms with Crippen LogP contribution in [-0.2, 0) is 14.3 Å². The highest BCUT2D eigenvalue weighted by Crippen LogP contribution is 2.15. The number of hydrogen-bond donors (Lipinski definition) is 1. The Labute approximate surface area is 121 Å². The first-order valence-corrected chi connectivity index (χ1v) is 6.61. The van der Waals surface area contributed by atoms with Gasteiger partial charge in [0, 0.05) is 16.7 Å². The molecule has 0 aliphatic heterocycles. The van der Waals surface area contributed by atoms with E-state index in [1.807, 2.05) is 24.3 Å². The molecule has 0 spiro atoms. The highest BCUT2D eigenvalue weighted by Gasteiger charge is 2.09. The molecule has 0 radical (unpaired) electrons. The molecule has 0 aliphatic carbocycles. The zero-order chi connectivity index (χ0) is 14.3. The number of rotatable bonds is 6. The minimum absolute atomic E-state index is 0.120. The van der Waals surface area contributed by atoms with Crippen molar-refractivity contribution in [3.63, 3.8) is 0 Å². The standard InChI is InChI=1S/C13H17BrN2O3/c1-16(7-6-13(18)19-2)9-12(17)15-11-5-3-4-10(14)8-11/h3-5,8H,6-7,9H2,1-2H3,(H,15,17). The van der Waals surface area contributed by atoms with Crippen molar-refractivity contribution in [1.82, 2.24) is 4.90 Å². The van der Waals surface area contributed by atoms with Crippen LogP contribution in [0, 0.1) is 0 Å². The smallest absolute Gasteiger partial charge is 0.306 e. The molecule has 6 heteroatoms. The third kappa shape index (κ3) is 6.35. The summed E-state index contributed by atoms with van der Waals surface area (Å²) in [4.78, 5) is 24.5. The summed E-state index contributed by atoms with van der Waals surface area (Å²) in [5.41, 5.74) is 0.737. The quantitative estimate of drug-likeness (QED) is 0.810. The molecule has 5 nitrogen and oxygen atoms in total. The molecule has 0 aromatic heterocycles. The van der Waals surface area contributed by atoms with Crippen molar-refractivity contribution in [1.29, 1.82) is 0 Å². The summed E-state index contributed by atoms with van der Waals surface area (Å²) in [5, 5.41) is 2.79. The molecule has 1 rings (SSSR count). The lowest BCUT2D eigenvalue weighted by molar-refractivity contribution is -0.141. The van der Waals surface area contributed by atoms with E-state index in [-0.39, 0.29) is 24.8 Å². The number of methoxy groups -OCH3 is 1. The summed E-state index contributed by atoms with van der Waals surface area (Å²) in [6, 6.07) is 7.38. The lowest BCUT2D eigenvalue weighted by Gasteiger charge is -2.15. The second-order valence-corrected chi connectivity index (χ2v) is 5.04. The second-order valence-electron chi connectivity index (χ2n) is 4.12. The van der Waals surface area contributed by atoms with Gasteiger partial charge in [0.1, 0.15) is 0 Å². The Morgan fingerprint density at radius 3 is 2.79 bits per heavy atom. The number of likely N-dealkylation sites (N-methyl/N-ethyl adjacent to an activating group) is 1. The molecule has 0 atom stereocenters. The van der Waals surface area contributed by atoms with Gasteiger partial charge in [0.05, 0.1) is 20.1 Å². The van der Waals surface area contributed by atoms with Crippen molar-refractivity contribution >= 4 is 33.5 Å². The second kappa shape index (κ2) is 7.91. The van der Waals surface area contributed by atoms with Crippen LogP contribution in [0.25, 0.3) is 0 Å². The van der Waals surface area contributed by atoms with Gasteiger partial charge in [-0.05, 0) is 25.2 Å². The lowest BCUT2D eigenvalue weighted by atomic mass is 10.3. The van der Waals surface area contributed by atoms with E-state index < -0.39 is 0 Å². The van der Waals surface area contributed by atoms with Crippen LogP contribution >= 0.6 is 15.9 Å². The Morgan fingerprint density at radius 1 is 1.42 bits per heavy atom. The molecule has 104 valence electrons. The van der Waals surface area contributed by atoms with Crippen LogP contribution in [0.2, 0.25) is 0 Å². The molecule has 0 aliphatic rings. The number of anilines is 1. The van der Waals surface area contributed by atoms with E-state index in [2.05, 4.69) is 26.0 Å². The van der Waals surface area contributed by atoms with Crippen molar-refractivity contribution in [2.24, 2.45) is 0 Å². The van der Waals surface area contributed by atoms with Gasteiger partial charge in [-0.15, -0.1) is 0 Å². The van der Waals surface area contributed by atoms with Crippen LogP contribution < -0.4 is 5.32 Å². The van der Waals surface area contributed by atoms with E-state index in [9.17, 15) is 9.59 Å². The van der Waals surface area contributed by atoms with Gasteiger partial charge in [-0.2, -0.15) is 0 Å². The molecular formula is C13H17BrN2O3. The van der Waals surface area contributed by atoms with Crippen LogP contribution in [0.3, 0.4) is 0 Å². The van der Waals surface area contributed by atoms with Gasteiger partial charge in [0.25, 0.3) is 0 Å². The Kier molecular flexibility index (Phi) is 6.52. The fourth-order valence-corrected chi connectivity index (χ4v) is 1.87. The molecule has 0 saturated heterocycles. The van der Waals surface area contributed by atoms with Crippen molar-refractivity contribution in [3.8, 4) is 0 Å². The van der Waals surface area contributed by atoms with Gasteiger partial charge in [-0.3, -0.25) is 14.5 Å². The normalized spacial score (nSPS) is 10.3. The van der Waals surface area contributed by atoms with E-state index in [0.717, 1.165) is 10.2 Å². The van der Waals surface area contributed by atoms with Crippen molar-refractivity contribution in [2.45, 2.75) is 6.42 Å². The number of nitrogens with one attached hydrogen (secondary N) is 1. The number of halogens is 1. The highest BCUT2D eigenvalue weighted by atomic mass is 79.9. The summed E-state index contributed by atoms with van der Waals surface area (Å²) < 4.78 is 5.45. The lowest BCUT2D eigenvalue weighted by Crippen LogP contribution is -2.31. The summed E-state index contributed by atoms with van der Waals surface area (Å²) in [6.45, 7) is 0.710. The van der Waals surface area contributed by atoms with Gasteiger partial charge in [0.15, 0.2) is 0 Å². The van der Waals surface area contributed by atoms with Gasteiger partial charge < -0.3 is 10.1 Å². The maximum Gasteiger partial charge on any atom is 0.306 e. The summed E-state index contributed by atoms with van der Waals surface area (Å²) in [6.07, 6.45) is 0.275. The van der Waals surface area contributed by atoms with Gasteiger partial charge in [0.2, 0.25) is 5.91 Å². The number of benzene rings is 1. The molecule has 0 bridgehead atoms. The number of amides is 1. The molecular weight excluding hydrogens is 312 g/mol. The molecule has 0 fully saturated rings. The molecule has 19 heavy (non-hydrogen) atoms. The fraction of sp³-hybridized carbons (Fsp3) is 0.385. The molecule has 0 heterocycles. The molecule has 1 aromatic rings. The monoisotopic (exact) mass is 328 g/mol. The van der Waals surface area contributed by atoms with Crippen molar-refractivity contribution in [3.05, 3.63) is 28.7 Å². The third-order valence-corrected chi connectivity index (χ3v) is 2.94. The molecule has 1 aromatic carbocycles. The van der Waals surface area contributed by atoms with E-state index in [1.54, 1.807) is 11.9 Å². The van der Waals surface area contributed by atoms with E-state index in [1.165, 1.54) is 7.11 Å². The van der Waals surface area contributed by atoms with Gasteiger partial charge in [-0.1, -0.05) is 22.0 Å². The molecule has 1 N–H and O–H groups in total. The predicted molar refractivity (Wildman–Crippen MR) is 76.9 cm³/mol. The Balaban J connectivity index is 2.36. The summed E-state index contributed by atoms with van der Waals surface area (Å²) >= 11 is 3.34. The largest absolute Gasteiger partial charge is 0.469 e. The summed E-state index contributed by atoms with van der Waals surface area (Å²) in [5.74, 6) is -0.398.